The van der Waals surface area contributed by atoms with Crippen LogP contribution in [0.25, 0.3) is 0 Å². The molecule has 0 rings (SSSR count). The molecule has 0 heterocycles. The Bertz CT molecular complexity index is 248. The van der Waals surface area contributed by atoms with E-state index in [9.17, 15) is 8.42 Å². The zero-order valence-corrected chi connectivity index (χ0v) is 8.23. The average molecular weight is 190 g/mol. The summed E-state index contributed by atoms with van der Waals surface area (Å²) in [7, 11) is -3.28. The largest absolute Gasteiger partial charge is 0.270 e. The van der Waals surface area contributed by atoms with Crippen molar-refractivity contribution in [3.8, 4) is 12.3 Å². The maximum absolute atomic E-state index is 10.5. The molecular weight excluding hydrogens is 176 g/mol. The van der Waals surface area contributed by atoms with Crippen LogP contribution in [0.4, 0.5) is 0 Å². The summed E-state index contributed by atoms with van der Waals surface area (Å²) in [6.45, 7) is 2.14. The SMILES string of the molecule is C#CC(C)CCCOS(C)(=O)=O. The Balaban J connectivity index is 3.42. The first-order valence-electron chi connectivity index (χ1n) is 3.76. The van der Waals surface area contributed by atoms with E-state index in [4.69, 9.17) is 6.42 Å². The fourth-order valence-electron chi connectivity index (χ4n) is 0.683. The van der Waals surface area contributed by atoms with Crippen molar-refractivity contribution in [2.75, 3.05) is 12.9 Å². The zero-order chi connectivity index (χ0) is 9.61. The Morgan fingerprint density at radius 3 is 2.58 bits per heavy atom. The van der Waals surface area contributed by atoms with E-state index in [0.29, 0.717) is 6.42 Å². The summed E-state index contributed by atoms with van der Waals surface area (Å²) in [5, 5.41) is 0. The van der Waals surface area contributed by atoms with Gasteiger partial charge in [-0.3, -0.25) is 4.18 Å². The van der Waals surface area contributed by atoms with Crippen LogP contribution in [0.5, 0.6) is 0 Å². The van der Waals surface area contributed by atoms with Crippen molar-refractivity contribution in [1.29, 1.82) is 0 Å². The molecule has 0 amide bonds. The lowest BCUT2D eigenvalue weighted by Crippen LogP contribution is -2.05. The first-order chi connectivity index (χ1) is 5.45. The lowest BCUT2D eigenvalue weighted by molar-refractivity contribution is 0.307. The van der Waals surface area contributed by atoms with Gasteiger partial charge in [0, 0.05) is 5.92 Å². The maximum Gasteiger partial charge on any atom is 0.264 e. The van der Waals surface area contributed by atoms with E-state index in [2.05, 4.69) is 10.1 Å². The summed E-state index contributed by atoms with van der Waals surface area (Å²) in [5.74, 6) is 2.75. The molecule has 1 unspecified atom stereocenters. The molecule has 0 N–H and O–H groups in total. The monoisotopic (exact) mass is 190 g/mol. The van der Waals surface area contributed by atoms with E-state index in [1.165, 1.54) is 0 Å². The molecule has 0 bridgehead atoms. The van der Waals surface area contributed by atoms with Crippen molar-refractivity contribution in [3.63, 3.8) is 0 Å². The van der Waals surface area contributed by atoms with Gasteiger partial charge in [0.1, 0.15) is 0 Å². The molecule has 0 aromatic rings. The molecule has 3 nitrogen and oxygen atoms in total. The fourth-order valence-corrected chi connectivity index (χ4v) is 1.10. The van der Waals surface area contributed by atoms with Gasteiger partial charge in [0.2, 0.25) is 0 Å². The minimum atomic E-state index is -3.28. The molecule has 0 saturated heterocycles. The zero-order valence-electron chi connectivity index (χ0n) is 7.41. The van der Waals surface area contributed by atoms with Crippen LogP contribution in [0.3, 0.4) is 0 Å². The lowest BCUT2D eigenvalue weighted by atomic mass is 10.1. The lowest BCUT2D eigenvalue weighted by Gasteiger charge is -2.02. The summed E-state index contributed by atoms with van der Waals surface area (Å²) in [4.78, 5) is 0. The van der Waals surface area contributed by atoms with E-state index < -0.39 is 10.1 Å². The molecule has 0 radical (unpaired) electrons. The second kappa shape index (κ2) is 5.18. The predicted octanol–water partition coefficient (Wildman–Crippen LogP) is 1.01. The number of hydrogen-bond donors (Lipinski definition) is 0. The minimum Gasteiger partial charge on any atom is -0.270 e. The van der Waals surface area contributed by atoms with Crippen LogP contribution >= 0.6 is 0 Å². The molecule has 0 saturated carbocycles. The van der Waals surface area contributed by atoms with Crippen LogP contribution in [0.2, 0.25) is 0 Å². The Hall–Kier alpha value is -0.530. The maximum atomic E-state index is 10.5. The Morgan fingerprint density at radius 1 is 1.58 bits per heavy atom. The van der Waals surface area contributed by atoms with Crippen molar-refractivity contribution < 1.29 is 12.6 Å². The van der Waals surface area contributed by atoms with E-state index in [0.717, 1.165) is 12.7 Å². The van der Waals surface area contributed by atoms with E-state index >= 15 is 0 Å². The number of hydrogen-bond acceptors (Lipinski definition) is 3. The van der Waals surface area contributed by atoms with Crippen LogP contribution in [0, 0.1) is 18.3 Å². The number of rotatable bonds is 5. The fraction of sp³-hybridized carbons (Fsp3) is 0.750. The summed E-state index contributed by atoms with van der Waals surface area (Å²) in [5.41, 5.74) is 0. The standard InChI is InChI=1S/C8H14O3S/c1-4-8(2)6-5-7-11-12(3,9)10/h1,8H,5-7H2,2-3H3. The molecule has 1 atom stereocenters. The minimum absolute atomic E-state index is 0.188. The predicted molar refractivity (Wildman–Crippen MR) is 48.0 cm³/mol. The van der Waals surface area contributed by atoms with Crippen LogP contribution in [0.15, 0.2) is 0 Å². The smallest absolute Gasteiger partial charge is 0.264 e. The van der Waals surface area contributed by atoms with Crippen molar-refractivity contribution in [3.05, 3.63) is 0 Å². The molecule has 0 spiro atoms. The molecule has 0 aromatic carbocycles. The Kier molecular flexibility index (Phi) is 4.95. The van der Waals surface area contributed by atoms with Gasteiger partial charge in [-0.25, -0.2) is 0 Å². The van der Waals surface area contributed by atoms with Crippen LogP contribution < -0.4 is 0 Å². The molecule has 0 aliphatic rings. The molecule has 0 aromatic heterocycles. The third kappa shape index (κ3) is 7.58. The van der Waals surface area contributed by atoms with Gasteiger partial charge in [0.15, 0.2) is 0 Å². The highest BCUT2D eigenvalue weighted by Gasteiger charge is 2.01. The van der Waals surface area contributed by atoms with Gasteiger partial charge in [-0.1, -0.05) is 6.92 Å². The Labute approximate surface area is 74.2 Å². The second-order valence-corrected chi connectivity index (χ2v) is 4.38. The van der Waals surface area contributed by atoms with Gasteiger partial charge < -0.3 is 0 Å². The molecule has 70 valence electrons. The summed E-state index contributed by atoms with van der Waals surface area (Å²) < 4.78 is 25.5. The summed E-state index contributed by atoms with van der Waals surface area (Å²) in [6.07, 6.45) is 7.65. The van der Waals surface area contributed by atoms with Gasteiger partial charge in [0.25, 0.3) is 10.1 Å². The van der Waals surface area contributed by atoms with Gasteiger partial charge in [-0.2, -0.15) is 8.42 Å². The molecule has 4 heteroatoms. The molecule has 0 fully saturated rings. The first kappa shape index (κ1) is 11.5. The van der Waals surface area contributed by atoms with Gasteiger partial charge in [0.05, 0.1) is 12.9 Å². The van der Waals surface area contributed by atoms with Gasteiger partial charge in [-0.05, 0) is 12.8 Å². The average Bonchev–Trinajstić information content (AvgIpc) is 1.96. The summed E-state index contributed by atoms with van der Waals surface area (Å²) in [6, 6.07) is 0. The quantitative estimate of drug-likeness (QED) is 0.369. The normalized spacial score (nSPS) is 13.8. The summed E-state index contributed by atoms with van der Waals surface area (Å²) >= 11 is 0. The molecule has 0 aliphatic carbocycles. The van der Waals surface area contributed by atoms with Gasteiger partial charge >= 0.3 is 0 Å². The van der Waals surface area contributed by atoms with Crippen molar-refractivity contribution in [2.45, 2.75) is 19.8 Å². The Morgan fingerprint density at radius 2 is 2.17 bits per heavy atom. The molecular formula is C8H14O3S. The van der Waals surface area contributed by atoms with Crippen LogP contribution in [-0.2, 0) is 14.3 Å². The molecule has 0 aliphatic heterocycles. The first-order valence-corrected chi connectivity index (χ1v) is 5.58. The third-order valence-electron chi connectivity index (χ3n) is 1.36. The van der Waals surface area contributed by atoms with Crippen molar-refractivity contribution in [2.24, 2.45) is 5.92 Å². The number of terminal acetylenes is 1. The van der Waals surface area contributed by atoms with E-state index in [1.54, 1.807) is 0 Å². The highest BCUT2D eigenvalue weighted by atomic mass is 32.2. The van der Waals surface area contributed by atoms with Crippen molar-refractivity contribution in [1.82, 2.24) is 0 Å². The highest BCUT2D eigenvalue weighted by molar-refractivity contribution is 7.85. The topological polar surface area (TPSA) is 43.4 Å². The van der Waals surface area contributed by atoms with Crippen LogP contribution in [0.1, 0.15) is 19.8 Å². The van der Waals surface area contributed by atoms with E-state index in [1.807, 2.05) is 6.92 Å². The van der Waals surface area contributed by atoms with Crippen LogP contribution in [-0.4, -0.2) is 21.3 Å². The highest BCUT2D eigenvalue weighted by Crippen LogP contribution is 2.03. The second-order valence-electron chi connectivity index (χ2n) is 2.74. The van der Waals surface area contributed by atoms with Gasteiger partial charge in [-0.15, -0.1) is 12.3 Å². The van der Waals surface area contributed by atoms with E-state index in [-0.39, 0.29) is 12.5 Å². The molecule has 12 heavy (non-hydrogen) atoms. The van der Waals surface area contributed by atoms with Crippen molar-refractivity contribution >= 4 is 10.1 Å². The third-order valence-corrected chi connectivity index (χ3v) is 1.96.